The first kappa shape index (κ1) is 18.3. The summed E-state index contributed by atoms with van der Waals surface area (Å²) in [5.41, 5.74) is 2.51. The van der Waals surface area contributed by atoms with Gasteiger partial charge < -0.3 is 15.0 Å². The normalized spacial score (nSPS) is 16.7. The van der Waals surface area contributed by atoms with Gasteiger partial charge in [0.15, 0.2) is 0 Å². The molecule has 1 aliphatic rings. The quantitative estimate of drug-likeness (QED) is 0.871. The van der Waals surface area contributed by atoms with E-state index in [1.807, 2.05) is 37.3 Å². The average molecular weight is 373 g/mol. The molecule has 0 radical (unpaired) electrons. The molecule has 26 heavy (non-hydrogen) atoms. The van der Waals surface area contributed by atoms with Gasteiger partial charge in [0.2, 0.25) is 11.8 Å². The number of nitrogens with zero attached hydrogens (tertiary/aromatic N) is 1. The number of amides is 2. The molecule has 1 heterocycles. The van der Waals surface area contributed by atoms with Crippen molar-refractivity contribution >= 4 is 29.1 Å². The summed E-state index contributed by atoms with van der Waals surface area (Å²) in [6.45, 7) is 2.76. The van der Waals surface area contributed by atoms with Crippen LogP contribution in [0, 0.1) is 12.8 Å². The first-order chi connectivity index (χ1) is 12.5. The summed E-state index contributed by atoms with van der Waals surface area (Å²) in [6, 6.07) is 13.0. The molecule has 0 bridgehead atoms. The molecule has 1 fully saturated rings. The van der Waals surface area contributed by atoms with Crippen LogP contribution < -0.4 is 10.1 Å². The van der Waals surface area contributed by atoms with Crippen LogP contribution in [0.25, 0.3) is 0 Å². The molecule has 5 nitrogen and oxygen atoms in total. The highest BCUT2D eigenvalue weighted by Gasteiger charge is 2.34. The van der Waals surface area contributed by atoms with Crippen LogP contribution in [-0.2, 0) is 16.1 Å². The molecule has 0 spiro atoms. The molecular weight excluding hydrogens is 352 g/mol. The Morgan fingerprint density at radius 1 is 1.27 bits per heavy atom. The summed E-state index contributed by atoms with van der Waals surface area (Å²) < 4.78 is 5.14. The average Bonchev–Trinajstić information content (AvgIpc) is 3.00. The summed E-state index contributed by atoms with van der Waals surface area (Å²) in [4.78, 5) is 26.6. The Labute approximate surface area is 157 Å². The highest BCUT2D eigenvalue weighted by atomic mass is 35.5. The molecule has 1 aliphatic heterocycles. The third-order valence-electron chi connectivity index (χ3n) is 4.64. The van der Waals surface area contributed by atoms with E-state index in [2.05, 4.69) is 5.32 Å². The van der Waals surface area contributed by atoms with Crippen molar-refractivity contribution in [2.24, 2.45) is 5.92 Å². The lowest BCUT2D eigenvalue weighted by atomic mass is 10.1. The van der Waals surface area contributed by atoms with E-state index in [0.29, 0.717) is 23.8 Å². The monoisotopic (exact) mass is 372 g/mol. The predicted octanol–water partition coefficient (Wildman–Crippen LogP) is 3.64. The molecule has 0 unspecified atom stereocenters. The second kappa shape index (κ2) is 7.79. The highest BCUT2D eigenvalue weighted by molar-refractivity contribution is 6.31. The van der Waals surface area contributed by atoms with Gasteiger partial charge in [-0.2, -0.15) is 0 Å². The SMILES string of the molecule is COc1ccc(CN2C[C@H](C(=O)Nc3cccc(Cl)c3C)CC2=O)cc1. The second-order valence-electron chi connectivity index (χ2n) is 6.43. The van der Waals surface area contributed by atoms with Crippen molar-refractivity contribution in [3.8, 4) is 5.75 Å². The minimum atomic E-state index is -0.362. The summed E-state index contributed by atoms with van der Waals surface area (Å²) in [7, 11) is 1.61. The van der Waals surface area contributed by atoms with Gasteiger partial charge in [0.1, 0.15) is 5.75 Å². The first-order valence-electron chi connectivity index (χ1n) is 8.44. The molecule has 2 aromatic rings. The number of anilines is 1. The maximum Gasteiger partial charge on any atom is 0.229 e. The Hall–Kier alpha value is -2.53. The number of hydrogen-bond acceptors (Lipinski definition) is 3. The molecule has 6 heteroatoms. The van der Waals surface area contributed by atoms with E-state index in [1.54, 1.807) is 24.1 Å². The fourth-order valence-electron chi connectivity index (χ4n) is 3.03. The van der Waals surface area contributed by atoms with Crippen molar-refractivity contribution in [2.45, 2.75) is 19.9 Å². The lowest BCUT2D eigenvalue weighted by Gasteiger charge is -2.17. The molecule has 136 valence electrons. The number of halogens is 1. The van der Waals surface area contributed by atoms with Crippen molar-refractivity contribution in [3.05, 3.63) is 58.6 Å². The Bertz CT molecular complexity index is 820. The van der Waals surface area contributed by atoms with Crippen LogP contribution in [0.4, 0.5) is 5.69 Å². The number of likely N-dealkylation sites (tertiary alicyclic amines) is 1. The largest absolute Gasteiger partial charge is 0.497 e. The third-order valence-corrected chi connectivity index (χ3v) is 5.05. The zero-order chi connectivity index (χ0) is 18.7. The van der Waals surface area contributed by atoms with Gasteiger partial charge in [-0.25, -0.2) is 0 Å². The van der Waals surface area contributed by atoms with E-state index in [0.717, 1.165) is 16.9 Å². The van der Waals surface area contributed by atoms with Gasteiger partial charge in [-0.1, -0.05) is 29.8 Å². The molecule has 3 rings (SSSR count). The number of benzene rings is 2. The maximum atomic E-state index is 12.6. The standard InChI is InChI=1S/C20H21ClN2O3/c1-13-17(21)4-3-5-18(13)22-20(25)15-10-19(24)23(12-15)11-14-6-8-16(26-2)9-7-14/h3-9,15H,10-12H2,1-2H3,(H,22,25)/t15-/m1/s1. The number of carbonyl (C=O) groups is 2. The van der Waals surface area contributed by atoms with Crippen LogP contribution in [0.3, 0.4) is 0 Å². The van der Waals surface area contributed by atoms with Crippen molar-refractivity contribution in [1.82, 2.24) is 4.90 Å². The van der Waals surface area contributed by atoms with E-state index in [-0.39, 0.29) is 24.2 Å². The van der Waals surface area contributed by atoms with Crippen LogP contribution in [-0.4, -0.2) is 30.4 Å². The Balaban J connectivity index is 1.63. The van der Waals surface area contributed by atoms with Crippen LogP contribution in [0.5, 0.6) is 5.75 Å². The minimum Gasteiger partial charge on any atom is -0.497 e. The predicted molar refractivity (Wildman–Crippen MR) is 101 cm³/mol. The molecule has 2 aromatic carbocycles. The van der Waals surface area contributed by atoms with Crippen LogP contribution in [0.15, 0.2) is 42.5 Å². The van der Waals surface area contributed by atoms with Crippen molar-refractivity contribution in [1.29, 1.82) is 0 Å². The number of ether oxygens (including phenoxy) is 1. The number of rotatable bonds is 5. The van der Waals surface area contributed by atoms with Gasteiger partial charge in [0, 0.05) is 30.2 Å². The molecule has 1 atom stereocenters. The molecule has 2 amide bonds. The summed E-state index contributed by atoms with van der Waals surface area (Å²) >= 11 is 6.09. The molecule has 0 aromatic heterocycles. The van der Waals surface area contributed by atoms with E-state index >= 15 is 0 Å². The van der Waals surface area contributed by atoms with Crippen LogP contribution in [0.2, 0.25) is 5.02 Å². The maximum absolute atomic E-state index is 12.6. The number of carbonyl (C=O) groups excluding carboxylic acids is 2. The fraction of sp³-hybridized carbons (Fsp3) is 0.300. The lowest BCUT2D eigenvalue weighted by molar-refractivity contribution is -0.128. The zero-order valence-corrected chi connectivity index (χ0v) is 15.5. The summed E-state index contributed by atoms with van der Waals surface area (Å²) in [6.07, 6.45) is 0.224. The van der Waals surface area contributed by atoms with Gasteiger partial charge in [-0.15, -0.1) is 0 Å². The minimum absolute atomic E-state index is 0.0104. The van der Waals surface area contributed by atoms with E-state index in [9.17, 15) is 9.59 Å². The van der Waals surface area contributed by atoms with Crippen LogP contribution in [0.1, 0.15) is 17.5 Å². The Morgan fingerprint density at radius 3 is 2.69 bits per heavy atom. The Kier molecular flexibility index (Phi) is 5.47. The number of nitrogens with one attached hydrogen (secondary N) is 1. The molecule has 1 saturated heterocycles. The fourth-order valence-corrected chi connectivity index (χ4v) is 3.20. The molecule has 0 saturated carbocycles. The molecule has 0 aliphatic carbocycles. The van der Waals surface area contributed by atoms with Gasteiger partial charge in [0.25, 0.3) is 0 Å². The van der Waals surface area contributed by atoms with Crippen molar-refractivity contribution < 1.29 is 14.3 Å². The van der Waals surface area contributed by atoms with Crippen LogP contribution >= 0.6 is 11.6 Å². The smallest absolute Gasteiger partial charge is 0.229 e. The summed E-state index contributed by atoms with van der Waals surface area (Å²) in [5, 5.41) is 3.50. The molecule has 1 N–H and O–H groups in total. The Morgan fingerprint density at radius 2 is 2.00 bits per heavy atom. The highest BCUT2D eigenvalue weighted by Crippen LogP contribution is 2.26. The van der Waals surface area contributed by atoms with Gasteiger partial charge in [-0.3, -0.25) is 9.59 Å². The van der Waals surface area contributed by atoms with Crippen molar-refractivity contribution in [2.75, 3.05) is 19.0 Å². The third kappa shape index (κ3) is 3.99. The summed E-state index contributed by atoms with van der Waals surface area (Å²) in [5.74, 6) is 0.250. The van der Waals surface area contributed by atoms with Gasteiger partial charge in [0.05, 0.1) is 13.0 Å². The van der Waals surface area contributed by atoms with Gasteiger partial charge in [-0.05, 0) is 42.3 Å². The van der Waals surface area contributed by atoms with Crippen molar-refractivity contribution in [3.63, 3.8) is 0 Å². The molecular formula is C20H21ClN2O3. The lowest BCUT2D eigenvalue weighted by Crippen LogP contribution is -2.28. The second-order valence-corrected chi connectivity index (χ2v) is 6.83. The van der Waals surface area contributed by atoms with Gasteiger partial charge >= 0.3 is 0 Å². The zero-order valence-electron chi connectivity index (χ0n) is 14.8. The van der Waals surface area contributed by atoms with E-state index in [4.69, 9.17) is 16.3 Å². The number of hydrogen-bond donors (Lipinski definition) is 1. The first-order valence-corrected chi connectivity index (χ1v) is 8.82. The number of methoxy groups -OCH3 is 1. The van der Waals surface area contributed by atoms with E-state index in [1.165, 1.54) is 0 Å². The topological polar surface area (TPSA) is 58.6 Å². The van der Waals surface area contributed by atoms with E-state index < -0.39 is 0 Å².